The molecular formula is C14H19NO5. The number of ether oxygens (including phenoxy) is 4. The number of hydrogen-bond acceptors (Lipinski definition) is 6. The number of hydrogen-bond donors (Lipinski definition) is 2. The molecule has 0 radical (unpaired) electrons. The van der Waals surface area contributed by atoms with Crippen LogP contribution in [0.2, 0.25) is 0 Å². The average Bonchev–Trinajstić information content (AvgIpc) is 2.51. The largest absolute Gasteiger partial charge is 0.386 e. The highest BCUT2D eigenvalue weighted by Crippen LogP contribution is 2.33. The molecule has 2 aliphatic rings. The smallest absolute Gasteiger partial charge is 0.185 e. The van der Waals surface area contributed by atoms with Gasteiger partial charge in [-0.25, -0.2) is 0 Å². The van der Waals surface area contributed by atoms with Crippen LogP contribution in [-0.4, -0.2) is 49.5 Å². The van der Waals surface area contributed by atoms with Crippen LogP contribution in [0.1, 0.15) is 11.9 Å². The van der Waals surface area contributed by atoms with Gasteiger partial charge in [-0.15, -0.1) is 0 Å². The Balaban J connectivity index is 1.74. The monoisotopic (exact) mass is 281 g/mol. The van der Waals surface area contributed by atoms with Crippen molar-refractivity contribution in [1.82, 2.24) is 0 Å². The minimum Gasteiger partial charge on any atom is -0.386 e. The third kappa shape index (κ3) is 2.46. The van der Waals surface area contributed by atoms with E-state index in [1.165, 1.54) is 7.11 Å². The molecule has 1 unspecified atom stereocenters. The van der Waals surface area contributed by atoms with E-state index in [1.807, 2.05) is 30.3 Å². The van der Waals surface area contributed by atoms with Crippen molar-refractivity contribution in [2.75, 3.05) is 13.7 Å². The summed E-state index contributed by atoms with van der Waals surface area (Å²) in [5.74, 6) is 0. The maximum absolute atomic E-state index is 10.0. The van der Waals surface area contributed by atoms with Crippen LogP contribution in [0.3, 0.4) is 0 Å². The number of benzene rings is 1. The molecule has 0 aromatic heterocycles. The zero-order chi connectivity index (χ0) is 14.1. The highest BCUT2D eigenvalue weighted by atomic mass is 16.7. The van der Waals surface area contributed by atoms with Gasteiger partial charge in [0.05, 0.1) is 12.6 Å². The Kier molecular flexibility index (Phi) is 4.02. The van der Waals surface area contributed by atoms with Crippen molar-refractivity contribution in [2.45, 2.75) is 36.9 Å². The summed E-state index contributed by atoms with van der Waals surface area (Å²) in [6, 6.07) is 9.04. The number of aliphatic hydroxyl groups excluding tert-OH is 1. The van der Waals surface area contributed by atoms with Crippen LogP contribution in [0.4, 0.5) is 0 Å². The number of aliphatic hydroxyl groups is 1. The molecule has 2 aliphatic heterocycles. The number of fused-ring (bicyclic) bond motifs is 1. The van der Waals surface area contributed by atoms with Gasteiger partial charge in [0.1, 0.15) is 18.3 Å². The first kappa shape index (κ1) is 13.9. The number of methoxy groups -OCH3 is 1. The van der Waals surface area contributed by atoms with Crippen LogP contribution in [0, 0.1) is 0 Å². The molecule has 0 bridgehead atoms. The molecule has 2 fully saturated rings. The van der Waals surface area contributed by atoms with Gasteiger partial charge in [-0.05, 0) is 0 Å². The Morgan fingerprint density at radius 1 is 1.25 bits per heavy atom. The second-order valence-corrected chi connectivity index (χ2v) is 5.02. The van der Waals surface area contributed by atoms with Crippen LogP contribution in [0.15, 0.2) is 30.3 Å². The normalized spacial score (nSPS) is 41.1. The first-order chi connectivity index (χ1) is 9.70. The maximum atomic E-state index is 10.0. The van der Waals surface area contributed by atoms with Crippen LogP contribution in [-0.2, 0) is 18.9 Å². The van der Waals surface area contributed by atoms with Crippen LogP contribution < -0.4 is 5.73 Å². The molecule has 0 amide bonds. The molecule has 0 aliphatic carbocycles. The Morgan fingerprint density at radius 2 is 2.00 bits per heavy atom. The zero-order valence-electron chi connectivity index (χ0n) is 11.2. The Labute approximate surface area is 117 Å². The highest BCUT2D eigenvalue weighted by Gasteiger charge is 2.48. The molecule has 20 heavy (non-hydrogen) atoms. The first-order valence-corrected chi connectivity index (χ1v) is 6.64. The van der Waals surface area contributed by atoms with Crippen molar-refractivity contribution < 1.29 is 24.1 Å². The molecule has 0 saturated carbocycles. The van der Waals surface area contributed by atoms with Gasteiger partial charge in [-0.1, -0.05) is 30.3 Å². The predicted molar refractivity (Wildman–Crippen MR) is 69.7 cm³/mol. The summed E-state index contributed by atoms with van der Waals surface area (Å²) in [6.45, 7) is 0.352. The van der Waals surface area contributed by atoms with Crippen molar-refractivity contribution in [3.8, 4) is 0 Å². The van der Waals surface area contributed by atoms with E-state index in [9.17, 15) is 5.11 Å². The lowest BCUT2D eigenvalue weighted by Crippen LogP contribution is -2.65. The van der Waals surface area contributed by atoms with Gasteiger partial charge < -0.3 is 29.8 Å². The fourth-order valence-corrected chi connectivity index (χ4v) is 2.61. The van der Waals surface area contributed by atoms with Crippen LogP contribution >= 0.6 is 0 Å². The van der Waals surface area contributed by atoms with E-state index < -0.39 is 30.8 Å². The van der Waals surface area contributed by atoms with E-state index in [0.29, 0.717) is 6.61 Å². The third-order valence-electron chi connectivity index (χ3n) is 3.72. The van der Waals surface area contributed by atoms with E-state index in [2.05, 4.69) is 0 Å². The lowest BCUT2D eigenvalue weighted by atomic mass is 9.96. The van der Waals surface area contributed by atoms with Gasteiger partial charge >= 0.3 is 0 Å². The van der Waals surface area contributed by atoms with Gasteiger partial charge in [0, 0.05) is 12.7 Å². The quantitative estimate of drug-likeness (QED) is 0.803. The SMILES string of the molecule is CO[C@@H]1O[C@@H]2COC(c3ccccc3)O[C@H]2[C@@H](N)[C@H]1O. The fraction of sp³-hybridized carbons (Fsp3) is 0.571. The van der Waals surface area contributed by atoms with Crippen molar-refractivity contribution in [2.24, 2.45) is 5.73 Å². The summed E-state index contributed by atoms with van der Waals surface area (Å²) in [5.41, 5.74) is 6.97. The highest BCUT2D eigenvalue weighted by molar-refractivity contribution is 5.16. The lowest BCUT2D eigenvalue weighted by Gasteiger charge is -2.46. The van der Waals surface area contributed by atoms with E-state index >= 15 is 0 Å². The molecule has 2 heterocycles. The van der Waals surface area contributed by atoms with Crippen LogP contribution in [0.5, 0.6) is 0 Å². The minimum atomic E-state index is -0.921. The molecule has 0 spiro atoms. The summed E-state index contributed by atoms with van der Waals surface area (Å²) in [5, 5.41) is 10.0. The van der Waals surface area contributed by atoms with E-state index in [-0.39, 0.29) is 6.10 Å². The van der Waals surface area contributed by atoms with E-state index in [0.717, 1.165) is 5.56 Å². The molecule has 6 heteroatoms. The second kappa shape index (κ2) is 5.77. The topological polar surface area (TPSA) is 83.2 Å². The molecule has 2 saturated heterocycles. The molecule has 3 N–H and O–H groups in total. The molecule has 6 atom stereocenters. The first-order valence-electron chi connectivity index (χ1n) is 6.64. The summed E-state index contributed by atoms with van der Waals surface area (Å²) in [6.07, 6.45) is -2.91. The summed E-state index contributed by atoms with van der Waals surface area (Å²) >= 11 is 0. The van der Waals surface area contributed by atoms with Gasteiger partial charge in [-0.2, -0.15) is 0 Å². The molecule has 110 valence electrons. The molecule has 6 nitrogen and oxygen atoms in total. The Hall–Kier alpha value is -1.02. The summed E-state index contributed by atoms with van der Waals surface area (Å²) in [7, 11) is 1.47. The summed E-state index contributed by atoms with van der Waals surface area (Å²) in [4.78, 5) is 0. The van der Waals surface area contributed by atoms with Crippen molar-refractivity contribution in [3.05, 3.63) is 35.9 Å². The third-order valence-corrected chi connectivity index (χ3v) is 3.72. The second-order valence-electron chi connectivity index (χ2n) is 5.02. The summed E-state index contributed by atoms with van der Waals surface area (Å²) < 4.78 is 22.2. The fourth-order valence-electron chi connectivity index (χ4n) is 2.61. The number of nitrogens with two attached hydrogens (primary N) is 1. The van der Waals surface area contributed by atoms with Crippen LogP contribution in [0.25, 0.3) is 0 Å². The minimum absolute atomic E-state index is 0.335. The van der Waals surface area contributed by atoms with Crippen molar-refractivity contribution >= 4 is 0 Å². The zero-order valence-corrected chi connectivity index (χ0v) is 11.2. The van der Waals surface area contributed by atoms with E-state index in [1.54, 1.807) is 0 Å². The standard InChI is InChI=1S/C14H19NO5/c1-17-14-11(16)10(15)12-9(19-14)7-18-13(20-12)8-5-3-2-4-6-8/h2-6,9-14,16H,7,15H2,1H3/t9-,10+,11-,12-,13?,14-/m1/s1. The van der Waals surface area contributed by atoms with Crippen molar-refractivity contribution in [3.63, 3.8) is 0 Å². The molecule has 1 aromatic carbocycles. The average molecular weight is 281 g/mol. The molecular weight excluding hydrogens is 262 g/mol. The van der Waals surface area contributed by atoms with Gasteiger partial charge in [-0.3, -0.25) is 0 Å². The van der Waals surface area contributed by atoms with Gasteiger partial charge in [0.25, 0.3) is 0 Å². The predicted octanol–water partition coefficient (Wildman–Crippen LogP) is 0.160. The lowest BCUT2D eigenvalue weighted by molar-refractivity contribution is -0.338. The number of rotatable bonds is 2. The van der Waals surface area contributed by atoms with Gasteiger partial charge in [0.15, 0.2) is 12.6 Å². The van der Waals surface area contributed by atoms with Crippen molar-refractivity contribution in [1.29, 1.82) is 0 Å². The molecule has 1 aromatic rings. The van der Waals surface area contributed by atoms with Gasteiger partial charge in [0.2, 0.25) is 0 Å². The van der Waals surface area contributed by atoms with E-state index in [4.69, 9.17) is 24.7 Å². The molecule has 3 rings (SSSR count). The Bertz CT molecular complexity index is 440. The maximum Gasteiger partial charge on any atom is 0.185 e. The Morgan fingerprint density at radius 3 is 2.70 bits per heavy atom.